The van der Waals surface area contributed by atoms with E-state index in [1.54, 1.807) is 0 Å². The molecule has 3 atom stereocenters. The van der Waals surface area contributed by atoms with Crippen molar-refractivity contribution in [1.82, 2.24) is 0 Å². The van der Waals surface area contributed by atoms with Crippen molar-refractivity contribution in [2.45, 2.75) is 47.5 Å². The summed E-state index contributed by atoms with van der Waals surface area (Å²) in [5, 5.41) is 0. The number of hydrogen-bond acceptors (Lipinski definition) is 0. The van der Waals surface area contributed by atoms with Gasteiger partial charge >= 0.3 is 0 Å². The number of rotatable bonds is 4. The second-order valence-corrected chi connectivity index (χ2v) is 3.63. The van der Waals surface area contributed by atoms with E-state index in [0.29, 0.717) is 0 Å². The van der Waals surface area contributed by atoms with Crippen molar-refractivity contribution >= 4 is 0 Å². The van der Waals surface area contributed by atoms with Gasteiger partial charge in [-0.2, -0.15) is 0 Å². The van der Waals surface area contributed by atoms with Crippen LogP contribution in [0.15, 0.2) is 0 Å². The summed E-state index contributed by atoms with van der Waals surface area (Å²) in [7, 11) is 0. The van der Waals surface area contributed by atoms with Crippen LogP contribution in [0.1, 0.15) is 47.5 Å². The van der Waals surface area contributed by atoms with E-state index in [-0.39, 0.29) is 0 Å². The molecule has 0 aromatic rings. The van der Waals surface area contributed by atoms with Crippen molar-refractivity contribution in [2.24, 2.45) is 17.8 Å². The topological polar surface area (TPSA) is 0 Å². The second kappa shape index (κ2) is 4.76. The van der Waals surface area contributed by atoms with Crippen molar-refractivity contribution in [3.05, 3.63) is 0 Å². The molecule has 0 N–H and O–H groups in total. The summed E-state index contributed by atoms with van der Waals surface area (Å²) in [4.78, 5) is 0. The largest absolute Gasteiger partial charge is 0.0651 e. The molecule has 0 saturated heterocycles. The highest BCUT2D eigenvalue weighted by molar-refractivity contribution is 4.65. The molecule has 2 unspecified atom stereocenters. The van der Waals surface area contributed by atoms with E-state index in [9.17, 15) is 0 Å². The average Bonchev–Trinajstić information content (AvgIpc) is 2.00. The van der Waals surface area contributed by atoms with Crippen LogP contribution in [-0.4, -0.2) is 0 Å². The zero-order valence-electron chi connectivity index (χ0n) is 8.15. The Morgan fingerprint density at radius 1 is 0.800 bits per heavy atom. The summed E-state index contributed by atoms with van der Waals surface area (Å²) in [6, 6.07) is 0. The van der Waals surface area contributed by atoms with Gasteiger partial charge < -0.3 is 0 Å². The van der Waals surface area contributed by atoms with E-state index in [1.165, 1.54) is 12.8 Å². The van der Waals surface area contributed by atoms with E-state index in [0.717, 1.165) is 17.8 Å². The Morgan fingerprint density at radius 3 is 1.30 bits per heavy atom. The maximum Gasteiger partial charge on any atom is -0.0391 e. The molecule has 0 aliphatic rings. The summed E-state index contributed by atoms with van der Waals surface area (Å²) in [5.41, 5.74) is 0. The van der Waals surface area contributed by atoms with E-state index in [1.807, 2.05) is 0 Å². The molecule has 0 saturated carbocycles. The highest BCUT2D eigenvalue weighted by Gasteiger charge is 2.15. The van der Waals surface area contributed by atoms with Crippen LogP contribution in [-0.2, 0) is 0 Å². The van der Waals surface area contributed by atoms with Gasteiger partial charge in [0.15, 0.2) is 0 Å². The van der Waals surface area contributed by atoms with Crippen molar-refractivity contribution in [2.75, 3.05) is 0 Å². The van der Waals surface area contributed by atoms with Crippen molar-refractivity contribution < 1.29 is 0 Å². The third kappa shape index (κ3) is 2.72. The minimum absolute atomic E-state index is 0.898. The molecule has 0 heterocycles. The fourth-order valence-corrected chi connectivity index (χ4v) is 1.30. The highest BCUT2D eigenvalue weighted by atomic mass is 14.2. The normalized spacial score (nSPS) is 20.1. The first kappa shape index (κ1) is 10.0. The molecule has 0 bridgehead atoms. The maximum atomic E-state index is 2.38. The fraction of sp³-hybridized carbons (Fsp3) is 1.00. The minimum Gasteiger partial charge on any atom is -0.0651 e. The van der Waals surface area contributed by atoms with Gasteiger partial charge in [-0.05, 0) is 17.8 Å². The summed E-state index contributed by atoms with van der Waals surface area (Å²) in [5.74, 6) is 2.69. The Kier molecular flexibility index (Phi) is 4.76. The Balaban J connectivity index is 3.69. The van der Waals surface area contributed by atoms with Gasteiger partial charge in [-0.1, -0.05) is 47.5 Å². The van der Waals surface area contributed by atoms with Crippen LogP contribution in [0.2, 0.25) is 0 Å². The second-order valence-electron chi connectivity index (χ2n) is 3.63. The molecule has 62 valence electrons. The summed E-state index contributed by atoms with van der Waals surface area (Å²) in [6.45, 7) is 11.7. The van der Waals surface area contributed by atoms with Gasteiger partial charge in [0.25, 0.3) is 0 Å². The van der Waals surface area contributed by atoms with Crippen LogP contribution < -0.4 is 0 Å². The van der Waals surface area contributed by atoms with Gasteiger partial charge in [0.2, 0.25) is 0 Å². The Labute approximate surface area is 66.0 Å². The first-order chi connectivity index (χ1) is 4.63. The van der Waals surface area contributed by atoms with Crippen LogP contribution in [0, 0.1) is 17.8 Å². The average molecular weight is 142 g/mol. The SMILES string of the molecule is CCC(C)C(C)[C@H](C)CC. The molecule has 0 aliphatic heterocycles. The molecule has 0 aliphatic carbocycles. The van der Waals surface area contributed by atoms with Crippen LogP contribution in [0.3, 0.4) is 0 Å². The fourth-order valence-electron chi connectivity index (χ4n) is 1.30. The molecule has 0 spiro atoms. The van der Waals surface area contributed by atoms with Gasteiger partial charge in [-0.3, -0.25) is 0 Å². The third-order valence-corrected chi connectivity index (χ3v) is 3.08. The summed E-state index contributed by atoms with van der Waals surface area (Å²) < 4.78 is 0. The first-order valence-electron chi connectivity index (χ1n) is 4.63. The van der Waals surface area contributed by atoms with Gasteiger partial charge in [0.1, 0.15) is 0 Å². The maximum absolute atomic E-state index is 2.38. The molecule has 0 aromatic heterocycles. The van der Waals surface area contributed by atoms with Crippen molar-refractivity contribution in [1.29, 1.82) is 0 Å². The van der Waals surface area contributed by atoms with Crippen molar-refractivity contribution in [3.8, 4) is 0 Å². The number of hydrogen-bond donors (Lipinski definition) is 0. The predicted octanol–water partition coefficient (Wildman–Crippen LogP) is 3.71. The van der Waals surface area contributed by atoms with E-state index in [4.69, 9.17) is 0 Å². The van der Waals surface area contributed by atoms with Gasteiger partial charge in [0.05, 0.1) is 0 Å². The quantitative estimate of drug-likeness (QED) is 0.561. The lowest BCUT2D eigenvalue weighted by Gasteiger charge is -2.23. The highest BCUT2D eigenvalue weighted by Crippen LogP contribution is 2.24. The van der Waals surface area contributed by atoms with Gasteiger partial charge in [0, 0.05) is 0 Å². The van der Waals surface area contributed by atoms with Gasteiger partial charge in [-0.15, -0.1) is 0 Å². The Hall–Kier alpha value is 0. The zero-order chi connectivity index (χ0) is 8.15. The molecule has 0 fully saturated rings. The standard InChI is InChI=1S/C10H22/c1-6-8(3)10(5)9(4)7-2/h8-10H,6-7H2,1-5H3/t8-,9?,10?/m1/s1. The smallest absolute Gasteiger partial charge is 0.0391 e. The summed E-state index contributed by atoms with van der Waals surface area (Å²) in [6.07, 6.45) is 2.65. The van der Waals surface area contributed by atoms with Crippen LogP contribution in [0.5, 0.6) is 0 Å². The van der Waals surface area contributed by atoms with Crippen LogP contribution in [0.4, 0.5) is 0 Å². The lowest BCUT2D eigenvalue weighted by Crippen LogP contribution is -2.14. The molecular formula is C10H22. The lowest BCUT2D eigenvalue weighted by molar-refractivity contribution is 0.267. The minimum atomic E-state index is 0.898. The first-order valence-corrected chi connectivity index (χ1v) is 4.63. The lowest BCUT2D eigenvalue weighted by atomic mass is 9.82. The molecule has 0 heteroatoms. The molecule has 0 amide bonds. The molecular weight excluding hydrogens is 120 g/mol. The van der Waals surface area contributed by atoms with E-state index in [2.05, 4.69) is 34.6 Å². The Morgan fingerprint density at radius 2 is 1.10 bits per heavy atom. The van der Waals surface area contributed by atoms with E-state index < -0.39 is 0 Å². The Bertz CT molecular complexity index is 66.1. The van der Waals surface area contributed by atoms with Gasteiger partial charge in [-0.25, -0.2) is 0 Å². The van der Waals surface area contributed by atoms with Crippen LogP contribution in [0.25, 0.3) is 0 Å². The molecule has 0 nitrogen and oxygen atoms in total. The molecule has 0 radical (unpaired) electrons. The molecule has 0 rings (SSSR count). The summed E-state index contributed by atoms with van der Waals surface area (Å²) >= 11 is 0. The molecule has 10 heavy (non-hydrogen) atoms. The van der Waals surface area contributed by atoms with E-state index >= 15 is 0 Å². The third-order valence-electron chi connectivity index (χ3n) is 3.08. The monoisotopic (exact) mass is 142 g/mol. The predicted molar refractivity (Wildman–Crippen MR) is 48.1 cm³/mol. The van der Waals surface area contributed by atoms with Crippen LogP contribution >= 0.6 is 0 Å². The zero-order valence-corrected chi connectivity index (χ0v) is 8.15. The molecule has 0 aromatic carbocycles. The van der Waals surface area contributed by atoms with Crippen molar-refractivity contribution in [3.63, 3.8) is 0 Å².